The van der Waals surface area contributed by atoms with Crippen molar-refractivity contribution in [3.05, 3.63) is 89.5 Å². The lowest BCUT2D eigenvalue weighted by Crippen LogP contribution is -2.03. The van der Waals surface area contributed by atoms with E-state index in [1.165, 1.54) is 22.3 Å². The minimum Gasteiger partial charge on any atom is -0.294 e. The fourth-order valence-electron chi connectivity index (χ4n) is 3.24. The number of fused-ring (bicyclic) bond motifs is 4. The molecule has 3 aromatic carbocycles. The van der Waals surface area contributed by atoms with Gasteiger partial charge >= 0.3 is 0 Å². The maximum Gasteiger partial charge on any atom is 0.170 e. The first kappa shape index (κ1) is 14.6. The van der Waals surface area contributed by atoms with Gasteiger partial charge in [-0.1, -0.05) is 60.7 Å². The van der Waals surface area contributed by atoms with Gasteiger partial charge in [0.2, 0.25) is 0 Å². The second-order valence-electron chi connectivity index (χ2n) is 5.95. The van der Waals surface area contributed by atoms with E-state index in [1.807, 2.05) is 24.3 Å². The third-order valence-corrected chi connectivity index (χ3v) is 4.42. The molecule has 0 radical (unpaired) electrons. The predicted octanol–water partition coefficient (Wildman–Crippen LogP) is 5.23. The Hall–Kier alpha value is -3.00. The lowest BCUT2D eigenvalue weighted by molar-refractivity contribution is 0.100. The van der Waals surface area contributed by atoms with Crippen LogP contribution in [0.25, 0.3) is 11.1 Å². The highest BCUT2D eigenvalue weighted by Gasteiger charge is 2.15. The summed E-state index contributed by atoms with van der Waals surface area (Å²) in [7, 11) is 0. The fraction of sp³-hybridized carbons (Fsp3) is 0.0909. The van der Waals surface area contributed by atoms with Gasteiger partial charge in [0, 0.05) is 18.2 Å². The quantitative estimate of drug-likeness (QED) is 0.437. The van der Waals surface area contributed by atoms with E-state index in [-0.39, 0.29) is 5.78 Å². The minimum absolute atomic E-state index is 0.163. The van der Waals surface area contributed by atoms with Gasteiger partial charge in [-0.25, -0.2) is 0 Å². The summed E-state index contributed by atoms with van der Waals surface area (Å²) >= 11 is 0. The lowest BCUT2D eigenvalue weighted by atomic mass is 10.0. The van der Waals surface area contributed by atoms with Crippen LogP contribution < -0.4 is 0 Å². The van der Waals surface area contributed by atoms with Crippen molar-refractivity contribution in [2.24, 2.45) is 4.99 Å². The maximum atomic E-state index is 11.2. The standard InChI is InChI=1S/C13H10.C9H7NO/c1-3-7-12-10(5-1)9-11-6-2-4-8-13(11)12;11-9-5-6-10-8-4-2-1-3-7(8)9/h1-8H,9H2;1-4,6H,5H2. The number of ketones is 1. The molecule has 1 aliphatic carbocycles. The molecular formula is C22H17NO. The molecule has 2 nitrogen and oxygen atoms in total. The summed E-state index contributed by atoms with van der Waals surface area (Å²) in [4.78, 5) is 15.3. The first-order valence-corrected chi connectivity index (χ1v) is 8.14. The summed E-state index contributed by atoms with van der Waals surface area (Å²) in [5, 5.41) is 0. The Balaban J connectivity index is 0.000000123. The summed E-state index contributed by atoms with van der Waals surface area (Å²) < 4.78 is 0. The van der Waals surface area contributed by atoms with Crippen molar-refractivity contribution in [1.29, 1.82) is 0 Å². The molecule has 0 aromatic heterocycles. The van der Waals surface area contributed by atoms with Crippen LogP contribution in [0.3, 0.4) is 0 Å². The van der Waals surface area contributed by atoms with E-state index >= 15 is 0 Å². The molecule has 0 saturated heterocycles. The number of carbonyl (C=O) groups is 1. The Morgan fingerprint density at radius 3 is 1.83 bits per heavy atom. The van der Waals surface area contributed by atoms with Gasteiger partial charge in [0.05, 0.1) is 5.69 Å². The van der Waals surface area contributed by atoms with Gasteiger partial charge in [-0.05, 0) is 40.8 Å². The number of benzene rings is 3. The van der Waals surface area contributed by atoms with Gasteiger partial charge < -0.3 is 0 Å². The summed E-state index contributed by atoms with van der Waals surface area (Å²) in [6.07, 6.45) is 3.20. The van der Waals surface area contributed by atoms with E-state index in [2.05, 4.69) is 53.5 Å². The van der Waals surface area contributed by atoms with Crippen molar-refractivity contribution in [3.8, 4) is 11.1 Å². The van der Waals surface area contributed by atoms with Crippen molar-refractivity contribution in [3.63, 3.8) is 0 Å². The summed E-state index contributed by atoms with van der Waals surface area (Å²) in [6.45, 7) is 0. The smallest absolute Gasteiger partial charge is 0.170 e. The van der Waals surface area contributed by atoms with Crippen molar-refractivity contribution >= 4 is 17.7 Å². The molecule has 0 atom stereocenters. The van der Waals surface area contributed by atoms with Crippen LogP contribution in [-0.4, -0.2) is 12.0 Å². The largest absolute Gasteiger partial charge is 0.294 e. The summed E-state index contributed by atoms with van der Waals surface area (Å²) in [5.74, 6) is 0.163. The molecule has 5 rings (SSSR count). The molecule has 2 aliphatic rings. The predicted molar refractivity (Wildman–Crippen MR) is 98.2 cm³/mol. The third-order valence-electron chi connectivity index (χ3n) is 4.42. The van der Waals surface area contributed by atoms with Gasteiger partial charge in [0.1, 0.15) is 0 Å². The molecule has 2 heteroatoms. The number of hydrogen-bond donors (Lipinski definition) is 0. The molecular weight excluding hydrogens is 294 g/mol. The van der Waals surface area contributed by atoms with Gasteiger partial charge in [-0.15, -0.1) is 0 Å². The van der Waals surface area contributed by atoms with E-state index in [9.17, 15) is 4.79 Å². The zero-order valence-corrected chi connectivity index (χ0v) is 13.3. The average Bonchev–Trinajstić information content (AvgIpc) is 3.02. The maximum absolute atomic E-state index is 11.2. The molecule has 116 valence electrons. The number of rotatable bonds is 0. The molecule has 0 bridgehead atoms. The molecule has 0 amide bonds. The third kappa shape index (κ3) is 2.67. The second-order valence-corrected chi connectivity index (χ2v) is 5.95. The van der Waals surface area contributed by atoms with Gasteiger partial charge in [0.15, 0.2) is 5.78 Å². The van der Waals surface area contributed by atoms with Crippen LogP contribution >= 0.6 is 0 Å². The molecule has 24 heavy (non-hydrogen) atoms. The SMILES string of the molecule is O=C1CC=Nc2ccccc21.c1ccc2c(c1)Cc1ccccc1-2. The first-order valence-electron chi connectivity index (χ1n) is 8.14. The second kappa shape index (κ2) is 6.25. The molecule has 0 N–H and O–H groups in total. The average molecular weight is 311 g/mol. The zero-order chi connectivity index (χ0) is 16.4. The molecule has 3 aromatic rings. The number of para-hydroxylation sites is 1. The van der Waals surface area contributed by atoms with Crippen LogP contribution in [0, 0.1) is 0 Å². The minimum atomic E-state index is 0.163. The van der Waals surface area contributed by atoms with E-state index in [1.54, 1.807) is 6.21 Å². The van der Waals surface area contributed by atoms with Gasteiger partial charge in [0.25, 0.3) is 0 Å². The number of Topliss-reactive ketones (excluding diaryl/α,β-unsaturated/α-hetero) is 1. The molecule has 1 heterocycles. The topological polar surface area (TPSA) is 29.4 Å². The van der Waals surface area contributed by atoms with E-state index in [0.29, 0.717) is 6.42 Å². The van der Waals surface area contributed by atoms with Gasteiger partial charge in [-0.2, -0.15) is 0 Å². The highest BCUT2D eigenvalue weighted by Crippen LogP contribution is 2.35. The zero-order valence-electron chi connectivity index (χ0n) is 13.3. The Kier molecular flexibility index (Phi) is 3.80. The summed E-state index contributed by atoms with van der Waals surface area (Å²) in [5.41, 5.74) is 7.29. The van der Waals surface area contributed by atoms with Crippen LogP contribution in [0.2, 0.25) is 0 Å². The van der Waals surface area contributed by atoms with Crippen molar-refractivity contribution in [2.45, 2.75) is 12.8 Å². The molecule has 0 fully saturated rings. The van der Waals surface area contributed by atoms with Crippen LogP contribution in [0.15, 0.2) is 77.8 Å². The van der Waals surface area contributed by atoms with Gasteiger partial charge in [-0.3, -0.25) is 9.79 Å². The van der Waals surface area contributed by atoms with Crippen LogP contribution in [0.5, 0.6) is 0 Å². The molecule has 0 unspecified atom stereocenters. The van der Waals surface area contributed by atoms with Crippen molar-refractivity contribution in [1.82, 2.24) is 0 Å². The number of nitrogens with zero attached hydrogens (tertiary/aromatic N) is 1. The van der Waals surface area contributed by atoms with E-state index < -0.39 is 0 Å². The molecule has 1 aliphatic heterocycles. The Morgan fingerprint density at radius 1 is 0.667 bits per heavy atom. The monoisotopic (exact) mass is 311 g/mol. The number of carbonyl (C=O) groups excluding carboxylic acids is 1. The van der Waals surface area contributed by atoms with Crippen LogP contribution in [-0.2, 0) is 6.42 Å². The Bertz CT molecular complexity index is 896. The molecule has 0 spiro atoms. The van der Waals surface area contributed by atoms with Crippen molar-refractivity contribution < 1.29 is 4.79 Å². The number of hydrogen-bond acceptors (Lipinski definition) is 2. The van der Waals surface area contributed by atoms with E-state index in [4.69, 9.17) is 0 Å². The van der Waals surface area contributed by atoms with Crippen LogP contribution in [0.4, 0.5) is 5.69 Å². The van der Waals surface area contributed by atoms with Crippen molar-refractivity contribution in [2.75, 3.05) is 0 Å². The molecule has 0 saturated carbocycles. The van der Waals surface area contributed by atoms with E-state index in [0.717, 1.165) is 17.7 Å². The normalized spacial score (nSPS) is 13.4. The highest BCUT2D eigenvalue weighted by molar-refractivity contribution is 6.09. The highest BCUT2D eigenvalue weighted by atomic mass is 16.1. The number of aliphatic imine (C=N–C) groups is 1. The lowest BCUT2D eigenvalue weighted by Gasteiger charge is -2.06. The Labute approximate surface area is 141 Å². The summed E-state index contributed by atoms with van der Waals surface area (Å²) in [6, 6.07) is 24.7. The Morgan fingerprint density at radius 2 is 1.21 bits per heavy atom. The van der Waals surface area contributed by atoms with Crippen LogP contribution in [0.1, 0.15) is 27.9 Å². The first-order chi connectivity index (χ1) is 11.8. The fourth-order valence-corrected chi connectivity index (χ4v) is 3.24.